The summed E-state index contributed by atoms with van der Waals surface area (Å²) < 4.78 is 5.21. The van der Waals surface area contributed by atoms with Gasteiger partial charge in [-0.25, -0.2) is 4.98 Å². The minimum Gasteiger partial charge on any atom is -0.497 e. The maximum atomic E-state index is 5.90. The van der Waals surface area contributed by atoms with Gasteiger partial charge in [-0.05, 0) is 24.3 Å². The van der Waals surface area contributed by atoms with Crippen LogP contribution >= 0.6 is 0 Å². The van der Waals surface area contributed by atoms with E-state index in [1.165, 1.54) is 0 Å². The number of benzene rings is 2. The quantitative estimate of drug-likeness (QED) is 0.676. The number of rotatable bonds is 2. The highest BCUT2D eigenvalue weighted by Gasteiger charge is 2.07. The van der Waals surface area contributed by atoms with Crippen molar-refractivity contribution in [3.8, 4) is 17.1 Å². The molecule has 3 N–H and O–H groups in total. The molecule has 0 unspecified atom stereocenters. The van der Waals surface area contributed by atoms with E-state index in [4.69, 9.17) is 10.5 Å². The largest absolute Gasteiger partial charge is 0.497 e. The number of anilines is 1. The number of aromatic nitrogens is 2. The molecule has 1 aromatic heterocycles. The molecule has 0 radical (unpaired) electrons. The van der Waals surface area contributed by atoms with E-state index in [0.717, 1.165) is 28.2 Å². The number of H-pyrrole nitrogens is 1. The van der Waals surface area contributed by atoms with Crippen molar-refractivity contribution in [1.29, 1.82) is 0 Å². The zero-order chi connectivity index (χ0) is 12.5. The highest BCUT2D eigenvalue weighted by atomic mass is 16.5. The number of nitrogen functional groups attached to an aromatic ring is 1. The second-order valence-electron chi connectivity index (χ2n) is 4.06. The Balaban J connectivity index is 2.16. The Morgan fingerprint density at radius 1 is 1.17 bits per heavy atom. The Labute approximate surface area is 104 Å². The van der Waals surface area contributed by atoms with Crippen LogP contribution in [0.15, 0.2) is 42.5 Å². The average molecular weight is 239 g/mol. The van der Waals surface area contributed by atoms with Crippen LogP contribution < -0.4 is 10.5 Å². The molecular weight excluding hydrogens is 226 g/mol. The molecule has 0 fully saturated rings. The fourth-order valence-corrected chi connectivity index (χ4v) is 1.96. The van der Waals surface area contributed by atoms with Crippen LogP contribution in [0, 0.1) is 0 Å². The zero-order valence-electron chi connectivity index (χ0n) is 9.97. The fourth-order valence-electron chi connectivity index (χ4n) is 1.96. The summed E-state index contributed by atoms with van der Waals surface area (Å²) in [6, 6.07) is 13.5. The molecular formula is C14H13N3O. The van der Waals surface area contributed by atoms with Crippen molar-refractivity contribution < 1.29 is 4.74 Å². The lowest BCUT2D eigenvalue weighted by Gasteiger charge is -2.01. The van der Waals surface area contributed by atoms with Gasteiger partial charge in [-0.1, -0.05) is 18.2 Å². The number of imidazole rings is 1. The minimum atomic E-state index is 0.679. The molecule has 2 aromatic carbocycles. The Bertz CT molecular complexity index is 703. The number of aromatic amines is 1. The smallest absolute Gasteiger partial charge is 0.138 e. The molecule has 0 saturated heterocycles. The van der Waals surface area contributed by atoms with Crippen LogP contribution in [0.5, 0.6) is 5.75 Å². The van der Waals surface area contributed by atoms with Gasteiger partial charge < -0.3 is 15.5 Å². The fraction of sp³-hybridized carbons (Fsp3) is 0.0714. The molecule has 3 rings (SSSR count). The first-order chi connectivity index (χ1) is 8.78. The lowest BCUT2D eigenvalue weighted by atomic mass is 10.2. The number of methoxy groups -OCH3 is 1. The number of nitrogens with zero attached hydrogens (tertiary/aromatic N) is 1. The molecule has 0 aliphatic carbocycles. The number of hydrogen-bond donors (Lipinski definition) is 2. The van der Waals surface area contributed by atoms with E-state index in [0.29, 0.717) is 5.69 Å². The van der Waals surface area contributed by atoms with E-state index in [1.54, 1.807) is 7.11 Å². The predicted octanol–water partition coefficient (Wildman–Crippen LogP) is 2.82. The summed E-state index contributed by atoms with van der Waals surface area (Å²) in [4.78, 5) is 7.78. The van der Waals surface area contributed by atoms with E-state index < -0.39 is 0 Å². The molecule has 0 aliphatic heterocycles. The number of fused-ring (bicyclic) bond motifs is 1. The summed E-state index contributed by atoms with van der Waals surface area (Å²) >= 11 is 0. The topological polar surface area (TPSA) is 63.9 Å². The average Bonchev–Trinajstić information content (AvgIpc) is 2.84. The van der Waals surface area contributed by atoms with Crippen LogP contribution in [0.2, 0.25) is 0 Å². The highest BCUT2D eigenvalue weighted by molar-refractivity contribution is 5.89. The van der Waals surface area contributed by atoms with Crippen molar-refractivity contribution in [3.63, 3.8) is 0 Å². The van der Waals surface area contributed by atoms with Gasteiger partial charge in [0.05, 0.1) is 18.3 Å². The third-order valence-electron chi connectivity index (χ3n) is 2.89. The van der Waals surface area contributed by atoms with Crippen molar-refractivity contribution in [3.05, 3.63) is 42.5 Å². The molecule has 4 nitrogen and oxygen atoms in total. The van der Waals surface area contributed by atoms with Crippen molar-refractivity contribution in [2.75, 3.05) is 12.8 Å². The Kier molecular flexibility index (Phi) is 2.41. The number of hydrogen-bond acceptors (Lipinski definition) is 3. The van der Waals surface area contributed by atoms with Gasteiger partial charge in [0.15, 0.2) is 0 Å². The highest BCUT2D eigenvalue weighted by Crippen LogP contribution is 2.26. The minimum absolute atomic E-state index is 0.679. The van der Waals surface area contributed by atoms with Crippen LogP contribution in [0.3, 0.4) is 0 Å². The SMILES string of the molecule is COc1cccc(-c2nc3c(N)cccc3[nH]2)c1. The molecule has 0 bridgehead atoms. The van der Waals surface area contributed by atoms with Gasteiger partial charge in [-0.15, -0.1) is 0 Å². The van der Waals surface area contributed by atoms with Crippen LogP contribution in [0.4, 0.5) is 5.69 Å². The molecule has 0 spiro atoms. The van der Waals surface area contributed by atoms with Crippen molar-refractivity contribution in [2.45, 2.75) is 0 Å². The Morgan fingerprint density at radius 3 is 2.78 bits per heavy atom. The van der Waals surface area contributed by atoms with Gasteiger partial charge in [-0.2, -0.15) is 0 Å². The van der Waals surface area contributed by atoms with Crippen LogP contribution in [0.1, 0.15) is 0 Å². The third kappa shape index (κ3) is 1.68. The summed E-state index contributed by atoms with van der Waals surface area (Å²) in [7, 11) is 1.65. The molecule has 3 aromatic rings. The summed E-state index contributed by atoms with van der Waals surface area (Å²) in [5.41, 5.74) is 9.29. The van der Waals surface area contributed by atoms with Crippen molar-refractivity contribution in [1.82, 2.24) is 9.97 Å². The number of ether oxygens (including phenoxy) is 1. The maximum absolute atomic E-state index is 5.90. The second-order valence-corrected chi connectivity index (χ2v) is 4.06. The predicted molar refractivity (Wildman–Crippen MR) is 72.5 cm³/mol. The van der Waals surface area contributed by atoms with Gasteiger partial charge in [-0.3, -0.25) is 0 Å². The summed E-state index contributed by atoms with van der Waals surface area (Å²) in [6.45, 7) is 0. The van der Waals surface area contributed by atoms with Crippen LogP contribution in [-0.2, 0) is 0 Å². The lowest BCUT2D eigenvalue weighted by molar-refractivity contribution is 0.415. The Hall–Kier alpha value is -2.49. The summed E-state index contributed by atoms with van der Waals surface area (Å²) in [5.74, 6) is 1.60. The molecule has 0 atom stereocenters. The summed E-state index contributed by atoms with van der Waals surface area (Å²) in [5, 5.41) is 0. The standard InChI is InChI=1S/C14H13N3O/c1-18-10-5-2-4-9(8-10)14-16-12-7-3-6-11(15)13(12)17-14/h2-8H,15H2,1H3,(H,16,17). The first kappa shape index (κ1) is 10.7. The van der Waals surface area contributed by atoms with Gasteiger partial charge in [0, 0.05) is 5.56 Å². The third-order valence-corrected chi connectivity index (χ3v) is 2.89. The van der Waals surface area contributed by atoms with Gasteiger partial charge >= 0.3 is 0 Å². The van der Waals surface area contributed by atoms with Crippen LogP contribution in [-0.4, -0.2) is 17.1 Å². The number of para-hydroxylation sites is 1. The van der Waals surface area contributed by atoms with Crippen LogP contribution in [0.25, 0.3) is 22.4 Å². The van der Waals surface area contributed by atoms with Gasteiger partial charge in [0.2, 0.25) is 0 Å². The number of nitrogens with two attached hydrogens (primary N) is 1. The van der Waals surface area contributed by atoms with E-state index in [-0.39, 0.29) is 0 Å². The van der Waals surface area contributed by atoms with E-state index in [9.17, 15) is 0 Å². The zero-order valence-corrected chi connectivity index (χ0v) is 9.97. The van der Waals surface area contributed by atoms with E-state index in [1.807, 2.05) is 42.5 Å². The number of nitrogens with one attached hydrogen (secondary N) is 1. The molecule has 0 aliphatic rings. The second kappa shape index (κ2) is 4.07. The molecule has 18 heavy (non-hydrogen) atoms. The van der Waals surface area contributed by atoms with E-state index in [2.05, 4.69) is 9.97 Å². The van der Waals surface area contributed by atoms with Gasteiger partial charge in [0.1, 0.15) is 17.1 Å². The molecule has 0 saturated carbocycles. The molecule has 0 amide bonds. The molecule has 4 heteroatoms. The molecule has 90 valence electrons. The normalized spacial score (nSPS) is 10.7. The monoisotopic (exact) mass is 239 g/mol. The molecule has 1 heterocycles. The van der Waals surface area contributed by atoms with E-state index >= 15 is 0 Å². The first-order valence-electron chi connectivity index (χ1n) is 5.66. The van der Waals surface area contributed by atoms with Gasteiger partial charge in [0.25, 0.3) is 0 Å². The first-order valence-corrected chi connectivity index (χ1v) is 5.66. The summed E-state index contributed by atoms with van der Waals surface area (Å²) in [6.07, 6.45) is 0. The maximum Gasteiger partial charge on any atom is 0.138 e. The lowest BCUT2D eigenvalue weighted by Crippen LogP contribution is -1.86. The Morgan fingerprint density at radius 2 is 2.00 bits per heavy atom. The van der Waals surface area contributed by atoms with Crippen molar-refractivity contribution >= 4 is 16.7 Å². The van der Waals surface area contributed by atoms with Crippen molar-refractivity contribution in [2.24, 2.45) is 0 Å².